The minimum absolute atomic E-state index is 0.309. The van der Waals surface area contributed by atoms with E-state index < -0.39 is 11.0 Å². The fourth-order valence-electron chi connectivity index (χ4n) is 1.71. The number of hydrogen-bond acceptors (Lipinski definition) is 5. The summed E-state index contributed by atoms with van der Waals surface area (Å²) in [5.41, 5.74) is 6.80. The summed E-state index contributed by atoms with van der Waals surface area (Å²) < 4.78 is 10.4. The minimum atomic E-state index is -0.589. The molecule has 19 heavy (non-hydrogen) atoms. The summed E-state index contributed by atoms with van der Waals surface area (Å²) in [7, 11) is 0. The second-order valence-electron chi connectivity index (χ2n) is 3.91. The summed E-state index contributed by atoms with van der Waals surface area (Å²) in [4.78, 5) is 9.96. The first kappa shape index (κ1) is 13.1. The van der Waals surface area contributed by atoms with E-state index in [1.807, 2.05) is 19.1 Å². The Morgan fingerprint density at radius 2 is 2.00 bits per heavy atom. The Bertz CT molecular complexity index is 562. The molecule has 2 N–H and O–H groups in total. The van der Waals surface area contributed by atoms with Crippen molar-refractivity contribution < 1.29 is 14.1 Å². The van der Waals surface area contributed by atoms with Crippen LogP contribution >= 0.6 is 0 Å². The highest BCUT2D eigenvalue weighted by molar-refractivity contribution is 5.33. The number of hydrogen-bond donors (Lipinski definition) is 1. The van der Waals surface area contributed by atoms with E-state index in [0.717, 1.165) is 11.3 Å². The van der Waals surface area contributed by atoms with Crippen LogP contribution in [0.1, 0.15) is 24.3 Å². The quantitative estimate of drug-likeness (QED) is 0.660. The van der Waals surface area contributed by atoms with Crippen LogP contribution < -0.4 is 10.5 Å². The van der Waals surface area contributed by atoms with Crippen LogP contribution in [0.3, 0.4) is 0 Å². The summed E-state index contributed by atoms with van der Waals surface area (Å²) in [6.07, 6.45) is 0. The lowest BCUT2D eigenvalue weighted by molar-refractivity contribution is -0.402. The maximum atomic E-state index is 10.5. The van der Waals surface area contributed by atoms with Crippen molar-refractivity contribution in [2.24, 2.45) is 5.73 Å². The average Bonchev–Trinajstić information content (AvgIpc) is 2.89. The molecule has 0 amide bonds. The molecule has 6 heteroatoms. The Morgan fingerprint density at radius 3 is 2.53 bits per heavy atom. The smallest absolute Gasteiger partial charge is 0.433 e. The first-order chi connectivity index (χ1) is 9.11. The summed E-state index contributed by atoms with van der Waals surface area (Å²) in [6.45, 7) is 2.50. The van der Waals surface area contributed by atoms with Crippen LogP contribution in [0.15, 0.2) is 40.8 Å². The third kappa shape index (κ3) is 2.92. The number of benzene rings is 1. The fraction of sp³-hybridized carbons (Fsp3) is 0.231. The molecule has 1 unspecified atom stereocenters. The van der Waals surface area contributed by atoms with Crippen LogP contribution in [0, 0.1) is 10.1 Å². The van der Waals surface area contributed by atoms with Gasteiger partial charge < -0.3 is 14.9 Å². The molecule has 0 fully saturated rings. The van der Waals surface area contributed by atoms with Gasteiger partial charge in [-0.05, 0) is 30.7 Å². The second kappa shape index (κ2) is 5.53. The molecule has 0 saturated carbocycles. The first-order valence-electron chi connectivity index (χ1n) is 5.84. The third-order valence-electron chi connectivity index (χ3n) is 2.65. The van der Waals surface area contributed by atoms with Crippen LogP contribution in [0.5, 0.6) is 5.75 Å². The molecule has 0 aliphatic rings. The van der Waals surface area contributed by atoms with Crippen molar-refractivity contribution in [3.8, 4) is 5.75 Å². The Balaban J connectivity index is 2.17. The molecule has 1 heterocycles. The molecule has 6 nitrogen and oxygen atoms in total. The van der Waals surface area contributed by atoms with Gasteiger partial charge in [0.2, 0.25) is 0 Å². The Hall–Kier alpha value is -2.34. The van der Waals surface area contributed by atoms with Crippen molar-refractivity contribution in [2.45, 2.75) is 13.0 Å². The molecule has 0 bridgehead atoms. The summed E-state index contributed by atoms with van der Waals surface area (Å²) in [5.74, 6) is 0.802. The molecule has 0 spiro atoms. The molecule has 100 valence electrons. The Labute approximate surface area is 109 Å². The largest absolute Gasteiger partial charge is 0.494 e. The van der Waals surface area contributed by atoms with Gasteiger partial charge in [0.05, 0.1) is 18.7 Å². The highest BCUT2D eigenvalue weighted by atomic mass is 16.6. The maximum Gasteiger partial charge on any atom is 0.433 e. The normalized spacial score (nSPS) is 12.1. The topological polar surface area (TPSA) is 91.5 Å². The summed E-state index contributed by atoms with van der Waals surface area (Å²) in [5, 5.41) is 10.5. The minimum Gasteiger partial charge on any atom is -0.494 e. The second-order valence-corrected chi connectivity index (χ2v) is 3.91. The molecular weight excluding hydrogens is 248 g/mol. The molecule has 2 aromatic rings. The monoisotopic (exact) mass is 262 g/mol. The van der Waals surface area contributed by atoms with Crippen molar-refractivity contribution in [1.82, 2.24) is 0 Å². The SMILES string of the molecule is CCOc1ccc(C(N)c2ccc([N+](=O)[O-])o2)cc1. The molecule has 1 aromatic carbocycles. The van der Waals surface area contributed by atoms with Gasteiger partial charge in [0.1, 0.15) is 16.4 Å². The number of nitrogens with two attached hydrogens (primary N) is 1. The standard InChI is InChI=1S/C13H14N2O4/c1-2-18-10-5-3-9(4-6-10)13(14)11-7-8-12(19-11)15(16)17/h3-8,13H,2,14H2,1H3. The molecule has 0 aliphatic carbocycles. The number of rotatable bonds is 5. The highest BCUT2D eigenvalue weighted by Crippen LogP contribution is 2.26. The van der Waals surface area contributed by atoms with Gasteiger partial charge in [-0.15, -0.1) is 0 Å². The van der Waals surface area contributed by atoms with Crippen molar-refractivity contribution >= 4 is 5.88 Å². The van der Waals surface area contributed by atoms with Crippen LogP contribution in [0.25, 0.3) is 0 Å². The zero-order chi connectivity index (χ0) is 13.8. The first-order valence-corrected chi connectivity index (χ1v) is 5.84. The van der Waals surface area contributed by atoms with E-state index in [2.05, 4.69) is 0 Å². The molecule has 0 saturated heterocycles. The molecule has 1 atom stereocenters. The van der Waals surface area contributed by atoms with Crippen LogP contribution in [-0.2, 0) is 0 Å². The fourth-order valence-corrected chi connectivity index (χ4v) is 1.71. The predicted octanol–water partition coefficient (Wildman–Crippen LogP) is 2.63. The molecular formula is C13H14N2O4. The number of nitro groups is 1. The molecule has 1 aromatic heterocycles. The van der Waals surface area contributed by atoms with Gasteiger partial charge in [-0.1, -0.05) is 12.1 Å². The van der Waals surface area contributed by atoms with Crippen molar-refractivity contribution in [3.05, 3.63) is 57.8 Å². The molecule has 0 aliphatic heterocycles. The van der Waals surface area contributed by atoms with E-state index in [-0.39, 0.29) is 5.88 Å². The lowest BCUT2D eigenvalue weighted by Crippen LogP contribution is -2.10. The average molecular weight is 262 g/mol. The molecule has 2 rings (SSSR count). The third-order valence-corrected chi connectivity index (χ3v) is 2.65. The number of furan rings is 1. The van der Waals surface area contributed by atoms with Crippen LogP contribution in [-0.4, -0.2) is 11.5 Å². The van der Waals surface area contributed by atoms with Gasteiger partial charge in [0.15, 0.2) is 0 Å². The number of nitrogens with zero attached hydrogens (tertiary/aromatic N) is 1. The Kier molecular flexibility index (Phi) is 3.82. The van der Waals surface area contributed by atoms with Crippen molar-refractivity contribution in [1.29, 1.82) is 0 Å². The summed E-state index contributed by atoms with van der Waals surface area (Å²) >= 11 is 0. The zero-order valence-corrected chi connectivity index (χ0v) is 10.4. The summed E-state index contributed by atoms with van der Waals surface area (Å²) in [6, 6.07) is 9.49. The van der Waals surface area contributed by atoms with E-state index >= 15 is 0 Å². The zero-order valence-electron chi connectivity index (χ0n) is 10.4. The van der Waals surface area contributed by atoms with Crippen molar-refractivity contribution in [3.63, 3.8) is 0 Å². The molecule has 0 radical (unpaired) electrons. The van der Waals surface area contributed by atoms with E-state index in [1.54, 1.807) is 12.1 Å². The van der Waals surface area contributed by atoms with E-state index in [1.165, 1.54) is 12.1 Å². The number of ether oxygens (including phenoxy) is 1. The highest BCUT2D eigenvalue weighted by Gasteiger charge is 2.18. The van der Waals surface area contributed by atoms with E-state index in [0.29, 0.717) is 12.4 Å². The van der Waals surface area contributed by atoms with Crippen molar-refractivity contribution in [2.75, 3.05) is 6.61 Å². The van der Waals surface area contributed by atoms with Gasteiger partial charge in [-0.3, -0.25) is 10.1 Å². The van der Waals surface area contributed by atoms with Gasteiger partial charge in [-0.2, -0.15) is 0 Å². The van der Waals surface area contributed by atoms with Crippen LogP contribution in [0.4, 0.5) is 5.88 Å². The van der Waals surface area contributed by atoms with Gasteiger partial charge in [0, 0.05) is 0 Å². The van der Waals surface area contributed by atoms with E-state index in [4.69, 9.17) is 14.9 Å². The van der Waals surface area contributed by atoms with E-state index in [9.17, 15) is 10.1 Å². The Morgan fingerprint density at radius 1 is 1.32 bits per heavy atom. The maximum absolute atomic E-state index is 10.5. The predicted molar refractivity (Wildman–Crippen MR) is 69.0 cm³/mol. The van der Waals surface area contributed by atoms with Crippen LogP contribution in [0.2, 0.25) is 0 Å². The lowest BCUT2D eigenvalue weighted by Gasteiger charge is -2.10. The van der Waals surface area contributed by atoms with Gasteiger partial charge in [0.25, 0.3) is 0 Å². The lowest BCUT2D eigenvalue weighted by atomic mass is 10.1. The van der Waals surface area contributed by atoms with Gasteiger partial charge >= 0.3 is 5.88 Å². The van der Waals surface area contributed by atoms with Gasteiger partial charge in [-0.25, -0.2) is 0 Å².